The number of likely N-dealkylation sites (N-methyl/N-ethyl adjacent to an activating group) is 1. The fourth-order valence-corrected chi connectivity index (χ4v) is 2.44. The van der Waals surface area contributed by atoms with E-state index in [4.69, 9.17) is 5.73 Å². The summed E-state index contributed by atoms with van der Waals surface area (Å²) in [4.78, 5) is 2.15. The molecule has 16 heavy (non-hydrogen) atoms. The molecule has 2 atom stereocenters. The van der Waals surface area contributed by atoms with Gasteiger partial charge in [0.1, 0.15) is 11.6 Å². The van der Waals surface area contributed by atoms with Crippen LogP contribution in [0.4, 0.5) is 8.78 Å². The molecule has 4 heteroatoms. The molecule has 1 heterocycles. The van der Waals surface area contributed by atoms with Crippen molar-refractivity contribution in [2.24, 2.45) is 5.73 Å². The van der Waals surface area contributed by atoms with E-state index in [1.165, 1.54) is 12.1 Å². The molecule has 1 aromatic carbocycles. The average molecular weight is 226 g/mol. The predicted molar refractivity (Wildman–Crippen MR) is 58.9 cm³/mol. The van der Waals surface area contributed by atoms with Crippen molar-refractivity contribution in [2.75, 3.05) is 13.1 Å². The van der Waals surface area contributed by atoms with E-state index in [1.54, 1.807) is 0 Å². The van der Waals surface area contributed by atoms with Gasteiger partial charge in [0.25, 0.3) is 0 Å². The Morgan fingerprint density at radius 1 is 1.31 bits per heavy atom. The number of benzene rings is 1. The molecule has 1 aromatic rings. The predicted octanol–water partition coefficient (Wildman–Crippen LogP) is 2.06. The van der Waals surface area contributed by atoms with Gasteiger partial charge < -0.3 is 5.73 Å². The van der Waals surface area contributed by atoms with Crippen LogP contribution in [-0.4, -0.2) is 24.0 Å². The van der Waals surface area contributed by atoms with E-state index in [2.05, 4.69) is 4.90 Å². The summed E-state index contributed by atoms with van der Waals surface area (Å²) in [5.41, 5.74) is 6.63. The van der Waals surface area contributed by atoms with Gasteiger partial charge in [-0.2, -0.15) is 0 Å². The Labute approximate surface area is 94.0 Å². The van der Waals surface area contributed by atoms with Gasteiger partial charge in [-0.15, -0.1) is 0 Å². The maximum absolute atomic E-state index is 13.1. The Balaban J connectivity index is 2.34. The summed E-state index contributed by atoms with van der Waals surface area (Å²) in [6.45, 7) is 3.76. The SMILES string of the molecule is CCN1CCC(N)C1c1cc(F)cc(F)c1. The summed E-state index contributed by atoms with van der Waals surface area (Å²) in [6, 6.07) is 3.54. The van der Waals surface area contributed by atoms with Crippen LogP contribution in [0.25, 0.3) is 0 Å². The Morgan fingerprint density at radius 2 is 1.94 bits per heavy atom. The van der Waals surface area contributed by atoms with Gasteiger partial charge in [0.15, 0.2) is 0 Å². The molecule has 0 amide bonds. The minimum atomic E-state index is -0.537. The van der Waals surface area contributed by atoms with E-state index >= 15 is 0 Å². The second-order valence-electron chi connectivity index (χ2n) is 4.23. The van der Waals surface area contributed by atoms with Crippen LogP contribution >= 0.6 is 0 Å². The van der Waals surface area contributed by atoms with Crippen LogP contribution in [0.2, 0.25) is 0 Å². The molecule has 0 bridgehead atoms. The Hall–Kier alpha value is -1.00. The third kappa shape index (κ3) is 2.08. The Kier molecular flexibility index (Phi) is 3.21. The van der Waals surface area contributed by atoms with Crippen LogP contribution in [0.3, 0.4) is 0 Å². The molecule has 1 aliphatic heterocycles. The summed E-state index contributed by atoms with van der Waals surface area (Å²) < 4.78 is 26.3. The zero-order valence-corrected chi connectivity index (χ0v) is 9.29. The highest BCUT2D eigenvalue weighted by Crippen LogP contribution is 2.31. The van der Waals surface area contributed by atoms with Crippen LogP contribution < -0.4 is 5.73 Å². The molecule has 2 nitrogen and oxygen atoms in total. The number of hydrogen-bond acceptors (Lipinski definition) is 2. The van der Waals surface area contributed by atoms with Crippen molar-refractivity contribution in [3.8, 4) is 0 Å². The molecule has 2 N–H and O–H groups in total. The first kappa shape index (κ1) is 11.5. The van der Waals surface area contributed by atoms with Crippen molar-refractivity contribution in [1.82, 2.24) is 4.90 Å². The quantitative estimate of drug-likeness (QED) is 0.836. The van der Waals surface area contributed by atoms with Gasteiger partial charge in [-0.1, -0.05) is 6.92 Å². The van der Waals surface area contributed by atoms with Crippen LogP contribution in [-0.2, 0) is 0 Å². The van der Waals surface area contributed by atoms with Crippen molar-refractivity contribution in [2.45, 2.75) is 25.4 Å². The maximum Gasteiger partial charge on any atom is 0.126 e. The van der Waals surface area contributed by atoms with Crippen molar-refractivity contribution in [3.63, 3.8) is 0 Å². The summed E-state index contributed by atoms with van der Waals surface area (Å²) in [6.07, 6.45) is 0.872. The first-order valence-electron chi connectivity index (χ1n) is 5.57. The first-order valence-corrected chi connectivity index (χ1v) is 5.57. The van der Waals surface area contributed by atoms with E-state index < -0.39 is 11.6 Å². The summed E-state index contributed by atoms with van der Waals surface area (Å²) >= 11 is 0. The second-order valence-corrected chi connectivity index (χ2v) is 4.23. The number of nitrogens with zero attached hydrogens (tertiary/aromatic N) is 1. The van der Waals surface area contributed by atoms with E-state index in [-0.39, 0.29) is 12.1 Å². The lowest BCUT2D eigenvalue weighted by molar-refractivity contribution is 0.260. The van der Waals surface area contributed by atoms with Crippen LogP contribution in [0.1, 0.15) is 24.9 Å². The highest BCUT2D eigenvalue weighted by atomic mass is 19.1. The van der Waals surface area contributed by atoms with Crippen LogP contribution in [0.5, 0.6) is 0 Å². The molecule has 1 fully saturated rings. The highest BCUT2D eigenvalue weighted by molar-refractivity contribution is 5.24. The lowest BCUT2D eigenvalue weighted by Gasteiger charge is -2.25. The third-order valence-corrected chi connectivity index (χ3v) is 3.18. The normalized spacial score (nSPS) is 26.2. The number of nitrogens with two attached hydrogens (primary N) is 1. The van der Waals surface area contributed by atoms with Crippen LogP contribution in [0.15, 0.2) is 18.2 Å². The molecular formula is C12H16F2N2. The lowest BCUT2D eigenvalue weighted by atomic mass is 10.0. The van der Waals surface area contributed by atoms with Crippen molar-refractivity contribution < 1.29 is 8.78 Å². The maximum atomic E-state index is 13.1. The number of rotatable bonds is 2. The standard InChI is InChI=1S/C12H16F2N2/c1-2-16-4-3-11(15)12(16)8-5-9(13)7-10(14)6-8/h5-7,11-12H,2-4,15H2,1H3. The average Bonchev–Trinajstić information content (AvgIpc) is 2.58. The molecule has 0 aromatic heterocycles. The van der Waals surface area contributed by atoms with Gasteiger partial charge in [0.2, 0.25) is 0 Å². The zero-order valence-electron chi connectivity index (χ0n) is 9.29. The van der Waals surface area contributed by atoms with Gasteiger partial charge >= 0.3 is 0 Å². The minimum absolute atomic E-state index is 0.0406. The zero-order chi connectivity index (χ0) is 11.7. The van der Waals surface area contributed by atoms with E-state index in [0.29, 0.717) is 5.56 Å². The van der Waals surface area contributed by atoms with Crippen molar-refractivity contribution >= 4 is 0 Å². The van der Waals surface area contributed by atoms with Gasteiger partial charge in [-0.3, -0.25) is 4.90 Å². The second kappa shape index (κ2) is 4.47. The summed E-state index contributed by atoms with van der Waals surface area (Å²) in [7, 11) is 0. The highest BCUT2D eigenvalue weighted by Gasteiger charge is 2.32. The summed E-state index contributed by atoms with van der Waals surface area (Å²) in [5, 5.41) is 0. The fourth-order valence-electron chi connectivity index (χ4n) is 2.44. The van der Waals surface area contributed by atoms with Gasteiger partial charge in [0, 0.05) is 18.7 Å². The Morgan fingerprint density at radius 3 is 2.50 bits per heavy atom. The van der Waals surface area contributed by atoms with Crippen LogP contribution in [0, 0.1) is 11.6 Å². The number of halogens is 2. The molecule has 0 radical (unpaired) electrons. The van der Waals surface area contributed by atoms with E-state index in [0.717, 1.165) is 25.6 Å². The molecular weight excluding hydrogens is 210 g/mol. The smallest absolute Gasteiger partial charge is 0.126 e. The first-order chi connectivity index (χ1) is 7.61. The largest absolute Gasteiger partial charge is 0.326 e. The van der Waals surface area contributed by atoms with Gasteiger partial charge in [-0.05, 0) is 30.7 Å². The molecule has 2 rings (SSSR count). The van der Waals surface area contributed by atoms with Gasteiger partial charge in [-0.25, -0.2) is 8.78 Å². The Bertz CT molecular complexity index is 361. The molecule has 0 saturated carbocycles. The summed E-state index contributed by atoms with van der Waals surface area (Å²) in [5.74, 6) is -1.07. The lowest BCUT2D eigenvalue weighted by Crippen LogP contribution is -2.31. The minimum Gasteiger partial charge on any atom is -0.326 e. The van der Waals surface area contributed by atoms with Crippen molar-refractivity contribution in [1.29, 1.82) is 0 Å². The number of hydrogen-bond donors (Lipinski definition) is 1. The van der Waals surface area contributed by atoms with E-state index in [1.807, 2.05) is 6.92 Å². The molecule has 88 valence electrons. The van der Waals surface area contributed by atoms with E-state index in [9.17, 15) is 8.78 Å². The third-order valence-electron chi connectivity index (χ3n) is 3.18. The molecule has 1 saturated heterocycles. The monoisotopic (exact) mass is 226 g/mol. The molecule has 0 spiro atoms. The fraction of sp³-hybridized carbons (Fsp3) is 0.500. The van der Waals surface area contributed by atoms with Crippen molar-refractivity contribution in [3.05, 3.63) is 35.4 Å². The topological polar surface area (TPSA) is 29.3 Å². The molecule has 2 unspecified atom stereocenters. The van der Waals surface area contributed by atoms with Gasteiger partial charge in [0.05, 0.1) is 6.04 Å². The molecule has 0 aliphatic carbocycles. The number of likely N-dealkylation sites (tertiary alicyclic amines) is 1. The molecule has 1 aliphatic rings.